The fraction of sp³-hybridized carbons (Fsp3) is 0.467. The van der Waals surface area contributed by atoms with Gasteiger partial charge in [0, 0.05) is 31.3 Å². The van der Waals surface area contributed by atoms with Crippen LogP contribution in [0.2, 0.25) is 0 Å². The lowest BCUT2D eigenvalue weighted by molar-refractivity contribution is 0.0626. The molecule has 0 bridgehead atoms. The maximum absolute atomic E-state index is 12.2. The van der Waals surface area contributed by atoms with Crippen LogP contribution in [0.4, 0.5) is 0 Å². The highest BCUT2D eigenvalue weighted by Crippen LogP contribution is 2.23. The molecule has 0 aliphatic carbocycles. The van der Waals surface area contributed by atoms with E-state index in [1.54, 1.807) is 6.20 Å². The number of ether oxygens (including phenoxy) is 1. The van der Waals surface area contributed by atoms with E-state index in [-0.39, 0.29) is 5.69 Å². The number of hydrogen-bond acceptors (Lipinski definition) is 3. The Labute approximate surface area is 121 Å². The van der Waals surface area contributed by atoms with E-state index in [0.29, 0.717) is 5.92 Å². The van der Waals surface area contributed by atoms with Gasteiger partial charge in [0.05, 0.1) is 17.2 Å². The molecule has 6 nitrogen and oxygen atoms in total. The van der Waals surface area contributed by atoms with Gasteiger partial charge in [-0.05, 0) is 31.2 Å². The van der Waals surface area contributed by atoms with Crippen LogP contribution in [0.1, 0.15) is 19.3 Å². The van der Waals surface area contributed by atoms with Gasteiger partial charge in [-0.25, -0.2) is 9.78 Å². The Morgan fingerprint density at radius 1 is 1.38 bits per heavy atom. The fourth-order valence-electron chi connectivity index (χ4n) is 3.22. The molecule has 0 aromatic carbocycles. The maximum Gasteiger partial charge on any atom is 0.326 e. The van der Waals surface area contributed by atoms with Crippen LogP contribution < -0.4 is 5.69 Å². The van der Waals surface area contributed by atoms with Gasteiger partial charge < -0.3 is 14.7 Å². The molecule has 4 heterocycles. The molecular weight excluding hydrogens is 268 g/mol. The molecule has 0 saturated carbocycles. The highest BCUT2D eigenvalue weighted by atomic mass is 16.5. The number of aromatic nitrogens is 4. The van der Waals surface area contributed by atoms with E-state index in [4.69, 9.17) is 4.74 Å². The molecule has 2 N–H and O–H groups in total. The van der Waals surface area contributed by atoms with Crippen LogP contribution in [0.25, 0.3) is 22.1 Å². The minimum atomic E-state index is -0.0486. The Morgan fingerprint density at radius 3 is 3.10 bits per heavy atom. The van der Waals surface area contributed by atoms with Crippen LogP contribution in [0.5, 0.6) is 0 Å². The summed E-state index contributed by atoms with van der Waals surface area (Å²) >= 11 is 0. The lowest BCUT2D eigenvalue weighted by Crippen LogP contribution is -2.21. The molecule has 0 spiro atoms. The minimum absolute atomic E-state index is 0.0486. The number of hydrogen-bond donors (Lipinski definition) is 2. The molecule has 3 aromatic rings. The van der Waals surface area contributed by atoms with E-state index in [9.17, 15) is 4.79 Å². The maximum atomic E-state index is 12.2. The molecule has 0 radical (unpaired) electrons. The Bertz CT molecular complexity index is 823. The first-order valence-electron chi connectivity index (χ1n) is 7.45. The van der Waals surface area contributed by atoms with Crippen LogP contribution in [-0.4, -0.2) is 32.7 Å². The Morgan fingerprint density at radius 2 is 2.24 bits per heavy atom. The van der Waals surface area contributed by atoms with Crippen molar-refractivity contribution in [3.8, 4) is 0 Å². The Hall–Kier alpha value is -2.08. The summed E-state index contributed by atoms with van der Waals surface area (Å²) in [5.74, 6) is 0.652. The second kappa shape index (κ2) is 5.04. The van der Waals surface area contributed by atoms with Crippen LogP contribution in [-0.2, 0) is 11.3 Å². The number of imidazole rings is 1. The standard InChI is InChI=1S/C15H18N4O2/c20-15-18-12-9-17-14-11(1-5-16-14)13(12)19(15)6-2-10-3-7-21-8-4-10/h1,5,9-10H,2-4,6-8H2,(H,16,17)(H,18,20). The Balaban J connectivity index is 1.71. The molecule has 6 heteroatoms. The largest absolute Gasteiger partial charge is 0.381 e. The van der Waals surface area contributed by atoms with Gasteiger partial charge in [0.1, 0.15) is 5.65 Å². The monoisotopic (exact) mass is 286 g/mol. The molecule has 1 aliphatic heterocycles. The van der Waals surface area contributed by atoms with Gasteiger partial charge in [0.15, 0.2) is 0 Å². The van der Waals surface area contributed by atoms with Gasteiger partial charge in [-0.2, -0.15) is 0 Å². The van der Waals surface area contributed by atoms with Crippen molar-refractivity contribution in [2.24, 2.45) is 5.92 Å². The van der Waals surface area contributed by atoms with Crippen molar-refractivity contribution in [3.63, 3.8) is 0 Å². The molecule has 110 valence electrons. The molecule has 4 rings (SSSR count). The number of aryl methyl sites for hydroxylation is 1. The van der Waals surface area contributed by atoms with Gasteiger partial charge in [-0.1, -0.05) is 0 Å². The lowest BCUT2D eigenvalue weighted by atomic mass is 9.96. The van der Waals surface area contributed by atoms with Crippen LogP contribution in [0.3, 0.4) is 0 Å². The smallest absolute Gasteiger partial charge is 0.326 e. The van der Waals surface area contributed by atoms with E-state index in [1.807, 2.05) is 16.8 Å². The van der Waals surface area contributed by atoms with Crippen molar-refractivity contribution in [2.45, 2.75) is 25.8 Å². The number of nitrogens with zero attached hydrogens (tertiary/aromatic N) is 2. The van der Waals surface area contributed by atoms with E-state index in [2.05, 4.69) is 15.0 Å². The number of aromatic amines is 2. The molecule has 1 fully saturated rings. The summed E-state index contributed by atoms with van der Waals surface area (Å²) in [5, 5.41) is 0.998. The Kier molecular flexibility index (Phi) is 3.03. The van der Waals surface area contributed by atoms with E-state index >= 15 is 0 Å². The molecule has 0 unspecified atom stereocenters. The summed E-state index contributed by atoms with van der Waals surface area (Å²) in [6.45, 7) is 2.44. The molecular formula is C15H18N4O2. The average Bonchev–Trinajstić information content (AvgIpc) is 3.09. The second-order valence-corrected chi connectivity index (χ2v) is 5.69. The summed E-state index contributed by atoms with van der Waals surface area (Å²) in [5.41, 5.74) is 2.53. The summed E-state index contributed by atoms with van der Waals surface area (Å²) in [6.07, 6.45) is 6.79. The normalized spacial score (nSPS) is 17.0. The SMILES string of the molecule is O=c1[nH]c2cnc3[nH]ccc3c2n1CCC1CCOCC1. The van der Waals surface area contributed by atoms with Crippen LogP contribution >= 0.6 is 0 Å². The van der Waals surface area contributed by atoms with Gasteiger partial charge in [0.2, 0.25) is 0 Å². The van der Waals surface area contributed by atoms with E-state index in [0.717, 1.165) is 61.1 Å². The van der Waals surface area contributed by atoms with E-state index in [1.165, 1.54) is 0 Å². The summed E-state index contributed by atoms with van der Waals surface area (Å²) in [7, 11) is 0. The van der Waals surface area contributed by atoms with Crippen LogP contribution in [0, 0.1) is 5.92 Å². The van der Waals surface area contributed by atoms with Crippen molar-refractivity contribution in [1.29, 1.82) is 0 Å². The minimum Gasteiger partial charge on any atom is -0.381 e. The quantitative estimate of drug-likeness (QED) is 0.773. The van der Waals surface area contributed by atoms with E-state index < -0.39 is 0 Å². The van der Waals surface area contributed by atoms with Crippen molar-refractivity contribution in [2.75, 3.05) is 13.2 Å². The fourth-order valence-corrected chi connectivity index (χ4v) is 3.22. The van der Waals surface area contributed by atoms with Gasteiger partial charge >= 0.3 is 5.69 Å². The third-order valence-electron chi connectivity index (χ3n) is 4.42. The molecule has 1 aliphatic rings. The zero-order valence-corrected chi connectivity index (χ0v) is 11.8. The molecule has 3 aromatic heterocycles. The highest BCUT2D eigenvalue weighted by Gasteiger charge is 2.16. The topological polar surface area (TPSA) is 75.7 Å². The molecule has 21 heavy (non-hydrogen) atoms. The van der Waals surface area contributed by atoms with Crippen molar-refractivity contribution in [3.05, 3.63) is 28.9 Å². The van der Waals surface area contributed by atoms with Gasteiger partial charge in [0.25, 0.3) is 0 Å². The predicted octanol–water partition coefficient (Wildman–Crippen LogP) is 2.02. The summed E-state index contributed by atoms with van der Waals surface area (Å²) in [4.78, 5) is 22.5. The number of fused-ring (bicyclic) bond motifs is 3. The first-order valence-corrected chi connectivity index (χ1v) is 7.45. The van der Waals surface area contributed by atoms with Gasteiger partial charge in [-0.3, -0.25) is 4.57 Å². The van der Waals surface area contributed by atoms with Gasteiger partial charge in [-0.15, -0.1) is 0 Å². The molecule has 0 amide bonds. The number of rotatable bonds is 3. The second-order valence-electron chi connectivity index (χ2n) is 5.69. The summed E-state index contributed by atoms with van der Waals surface area (Å²) < 4.78 is 7.24. The lowest BCUT2D eigenvalue weighted by Gasteiger charge is -2.21. The number of nitrogens with one attached hydrogen (secondary N) is 2. The first-order chi connectivity index (χ1) is 10.3. The van der Waals surface area contributed by atoms with Crippen molar-refractivity contribution in [1.82, 2.24) is 19.5 Å². The van der Waals surface area contributed by atoms with Crippen LogP contribution in [0.15, 0.2) is 23.3 Å². The number of pyridine rings is 1. The zero-order chi connectivity index (χ0) is 14.2. The third kappa shape index (κ3) is 2.15. The summed E-state index contributed by atoms with van der Waals surface area (Å²) in [6, 6.07) is 1.98. The molecule has 0 atom stereocenters. The highest BCUT2D eigenvalue weighted by molar-refractivity contribution is 6.00. The zero-order valence-electron chi connectivity index (χ0n) is 11.8. The molecule has 1 saturated heterocycles. The first kappa shape index (κ1) is 12.6. The predicted molar refractivity (Wildman–Crippen MR) is 80.4 cm³/mol. The van der Waals surface area contributed by atoms with Crippen molar-refractivity contribution >= 4 is 22.1 Å². The van der Waals surface area contributed by atoms with Crippen molar-refractivity contribution < 1.29 is 4.74 Å². The third-order valence-corrected chi connectivity index (χ3v) is 4.42. The number of H-pyrrole nitrogens is 2. The average molecular weight is 286 g/mol.